The van der Waals surface area contributed by atoms with E-state index in [1.54, 1.807) is 18.4 Å². The molecule has 1 aromatic carbocycles. The minimum Gasteiger partial charge on any atom is -0.471 e. The minimum absolute atomic E-state index is 0.0174. The van der Waals surface area contributed by atoms with Crippen molar-refractivity contribution in [2.24, 2.45) is 0 Å². The van der Waals surface area contributed by atoms with Crippen molar-refractivity contribution >= 4 is 17.1 Å². The van der Waals surface area contributed by atoms with Crippen molar-refractivity contribution in [3.05, 3.63) is 41.7 Å². The van der Waals surface area contributed by atoms with Crippen LogP contribution in [0.25, 0.3) is 11.2 Å². The summed E-state index contributed by atoms with van der Waals surface area (Å²) in [6, 6.07) is 4.61. The molecular weight excluding hydrogens is 507 g/mol. The molecule has 3 aromatic rings. The quantitative estimate of drug-likeness (QED) is 0.374. The molecule has 0 amide bonds. The highest BCUT2D eigenvalue weighted by molar-refractivity contribution is 5.79. The lowest BCUT2D eigenvalue weighted by molar-refractivity contribution is -0.137. The Hall–Kier alpha value is -3.00. The van der Waals surface area contributed by atoms with Crippen LogP contribution in [-0.4, -0.2) is 64.8 Å². The Kier molecular flexibility index (Phi) is 6.97. The standard InChI is InChI=1S/C25H30F3N5O5/c1-13-18(34)19(35)22(38-13)33-20-17(32-23(33)31-16-7-9-24(2,36)10-8-16)21(30-12-29-20)37-11-14-3-5-15(6-4-14)25(26,27)28/h3-6,12-13,16,18-19,22,34-36H,7-11H2,1-2H3,(H,31,32)/t13-,16-,18-,19-,22-,24-/m1/s1. The van der Waals surface area contributed by atoms with Crippen molar-refractivity contribution in [1.29, 1.82) is 0 Å². The van der Waals surface area contributed by atoms with Crippen molar-refractivity contribution in [1.82, 2.24) is 19.5 Å². The minimum atomic E-state index is -4.43. The van der Waals surface area contributed by atoms with Crippen LogP contribution in [-0.2, 0) is 17.5 Å². The summed E-state index contributed by atoms with van der Waals surface area (Å²) in [6.45, 7) is 3.40. The van der Waals surface area contributed by atoms with Crippen LogP contribution in [0.4, 0.5) is 19.1 Å². The zero-order chi connectivity index (χ0) is 27.2. The van der Waals surface area contributed by atoms with Gasteiger partial charge in [0.25, 0.3) is 0 Å². The number of nitrogens with zero attached hydrogens (tertiary/aromatic N) is 4. The zero-order valence-corrected chi connectivity index (χ0v) is 20.9. The molecule has 0 unspecified atom stereocenters. The van der Waals surface area contributed by atoms with Gasteiger partial charge in [0.2, 0.25) is 11.8 Å². The van der Waals surface area contributed by atoms with Gasteiger partial charge in [-0.3, -0.25) is 4.57 Å². The number of rotatable bonds is 6. The Labute approximate surface area is 216 Å². The Morgan fingerprint density at radius 3 is 2.42 bits per heavy atom. The number of fused-ring (bicyclic) bond motifs is 1. The van der Waals surface area contributed by atoms with Crippen LogP contribution in [0.3, 0.4) is 0 Å². The molecule has 0 spiro atoms. The topological polar surface area (TPSA) is 135 Å². The second-order valence-corrected chi connectivity index (χ2v) is 10.3. The summed E-state index contributed by atoms with van der Waals surface area (Å²) >= 11 is 0. The molecule has 2 aliphatic rings. The molecule has 38 heavy (non-hydrogen) atoms. The van der Waals surface area contributed by atoms with E-state index in [2.05, 4.69) is 20.3 Å². The predicted molar refractivity (Wildman–Crippen MR) is 129 cm³/mol. The molecule has 1 aliphatic carbocycles. The zero-order valence-electron chi connectivity index (χ0n) is 20.9. The van der Waals surface area contributed by atoms with E-state index in [-0.39, 0.29) is 29.7 Å². The number of benzene rings is 1. The number of halogens is 3. The predicted octanol–water partition coefficient (Wildman–Crippen LogP) is 3.17. The highest BCUT2D eigenvalue weighted by Gasteiger charge is 2.43. The fraction of sp³-hybridized carbons (Fsp3) is 0.560. The van der Waals surface area contributed by atoms with Crippen LogP contribution in [0.2, 0.25) is 0 Å². The molecule has 13 heteroatoms. The first-order chi connectivity index (χ1) is 17.9. The van der Waals surface area contributed by atoms with Gasteiger partial charge in [-0.1, -0.05) is 12.1 Å². The Bertz CT molecular complexity index is 1270. The van der Waals surface area contributed by atoms with Gasteiger partial charge in [0.15, 0.2) is 17.4 Å². The number of aliphatic hydroxyl groups is 3. The van der Waals surface area contributed by atoms with Crippen molar-refractivity contribution < 1.29 is 38.0 Å². The van der Waals surface area contributed by atoms with E-state index < -0.39 is 41.9 Å². The van der Waals surface area contributed by atoms with Crippen LogP contribution in [0.1, 0.15) is 56.9 Å². The molecule has 5 rings (SSSR count). The third-order valence-corrected chi connectivity index (χ3v) is 7.23. The van der Waals surface area contributed by atoms with Gasteiger partial charge in [-0.15, -0.1) is 0 Å². The fourth-order valence-electron chi connectivity index (χ4n) is 4.89. The first-order valence-corrected chi connectivity index (χ1v) is 12.5. The summed E-state index contributed by atoms with van der Waals surface area (Å²) in [5, 5.41) is 34.7. The van der Waals surface area contributed by atoms with Crippen LogP contribution < -0.4 is 10.1 Å². The molecule has 4 N–H and O–H groups in total. The second kappa shape index (κ2) is 9.95. The average molecular weight is 538 g/mol. The van der Waals surface area contributed by atoms with E-state index in [0.29, 0.717) is 37.2 Å². The van der Waals surface area contributed by atoms with Crippen molar-refractivity contribution in [3.63, 3.8) is 0 Å². The number of imidazole rings is 1. The summed E-state index contributed by atoms with van der Waals surface area (Å²) in [5.74, 6) is 0.432. The van der Waals surface area contributed by atoms with Crippen LogP contribution >= 0.6 is 0 Å². The maximum absolute atomic E-state index is 12.9. The maximum atomic E-state index is 12.9. The lowest BCUT2D eigenvalue weighted by Gasteiger charge is -2.34. The van der Waals surface area contributed by atoms with Crippen molar-refractivity contribution in [2.75, 3.05) is 5.32 Å². The molecule has 2 aromatic heterocycles. The number of hydrogen-bond donors (Lipinski definition) is 4. The number of nitrogens with one attached hydrogen (secondary N) is 1. The third kappa shape index (κ3) is 5.28. The second-order valence-electron chi connectivity index (χ2n) is 10.3. The largest absolute Gasteiger partial charge is 0.471 e. The molecule has 1 saturated carbocycles. The summed E-state index contributed by atoms with van der Waals surface area (Å²) in [5.41, 5.74) is -0.431. The SMILES string of the molecule is C[C@H]1O[C@@H](n2c(N[C@H]3CC[C@](C)(O)CC3)nc3c(OCc4ccc(C(F)(F)F)cc4)ncnc32)[C@H](O)[C@@H]1O. The van der Waals surface area contributed by atoms with E-state index in [4.69, 9.17) is 9.47 Å². The molecular formula is C25H30F3N5O5. The smallest absolute Gasteiger partial charge is 0.416 e. The first-order valence-electron chi connectivity index (χ1n) is 12.5. The Balaban J connectivity index is 1.45. The normalized spacial score (nSPS) is 30.1. The number of ether oxygens (including phenoxy) is 2. The summed E-state index contributed by atoms with van der Waals surface area (Å²) < 4.78 is 51.9. The van der Waals surface area contributed by atoms with Gasteiger partial charge in [0.1, 0.15) is 25.1 Å². The van der Waals surface area contributed by atoms with Gasteiger partial charge in [-0.05, 0) is 57.2 Å². The third-order valence-electron chi connectivity index (χ3n) is 7.23. The van der Waals surface area contributed by atoms with Crippen molar-refractivity contribution in [3.8, 4) is 5.88 Å². The van der Waals surface area contributed by atoms with Crippen LogP contribution in [0.5, 0.6) is 5.88 Å². The highest BCUT2D eigenvalue weighted by atomic mass is 19.4. The molecule has 4 atom stereocenters. The lowest BCUT2D eigenvalue weighted by atomic mass is 9.84. The van der Waals surface area contributed by atoms with Gasteiger partial charge >= 0.3 is 6.18 Å². The molecule has 2 fully saturated rings. The highest BCUT2D eigenvalue weighted by Crippen LogP contribution is 2.37. The number of alkyl halides is 3. The molecule has 0 radical (unpaired) electrons. The van der Waals surface area contributed by atoms with Gasteiger partial charge in [0.05, 0.1) is 17.3 Å². The van der Waals surface area contributed by atoms with Gasteiger partial charge < -0.3 is 30.1 Å². The van der Waals surface area contributed by atoms with E-state index in [0.717, 1.165) is 12.1 Å². The monoisotopic (exact) mass is 537 g/mol. The average Bonchev–Trinajstić information content (AvgIpc) is 3.35. The van der Waals surface area contributed by atoms with Gasteiger partial charge in [0, 0.05) is 6.04 Å². The number of anilines is 1. The van der Waals surface area contributed by atoms with Crippen LogP contribution in [0.15, 0.2) is 30.6 Å². The van der Waals surface area contributed by atoms with E-state index in [9.17, 15) is 28.5 Å². The Morgan fingerprint density at radius 1 is 1.13 bits per heavy atom. The molecule has 1 saturated heterocycles. The fourth-order valence-corrected chi connectivity index (χ4v) is 4.89. The van der Waals surface area contributed by atoms with Gasteiger partial charge in [-0.25, -0.2) is 9.97 Å². The van der Waals surface area contributed by atoms with E-state index in [1.807, 2.05) is 0 Å². The first kappa shape index (κ1) is 26.6. The summed E-state index contributed by atoms with van der Waals surface area (Å²) in [6.07, 6.45) is -4.59. The Morgan fingerprint density at radius 2 is 1.82 bits per heavy atom. The maximum Gasteiger partial charge on any atom is 0.416 e. The number of aromatic nitrogens is 4. The summed E-state index contributed by atoms with van der Waals surface area (Å²) in [7, 11) is 0. The molecule has 3 heterocycles. The number of hydrogen-bond acceptors (Lipinski definition) is 9. The summed E-state index contributed by atoms with van der Waals surface area (Å²) in [4.78, 5) is 13.2. The van der Waals surface area contributed by atoms with E-state index >= 15 is 0 Å². The molecule has 10 nitrogen and oxygen atoms in total. The lowest BCUT2D eigenvalue weighted by Crippen LogP contribution is -2.37. The molecule has 0 bridgehead atoms. The van der Waals surface area contributed by atoms with Crippen molar-refractivity contribution in [2.45, 2.75) is 88.5 Å². The van der Waals surface area contributed by atoms with Crippen LogP contribution in [0, 0.1) is 0 Å². The van der Waals surface area contributed by atoms with E-state index in [1.165, 1.54) is 18.5 Å². The number of aliphatic hydroxyl groups excluding tert-OH is 2. The van der Waals surface area contributed by atoms with Gasteiger partial charge in [-0.2, -0.15) is 18.2 Å². The molecule has 1 aliphatic heterocycles. The molecule has 206 valence electrons.